The number of hydrogen-bond acceptors (Lipinski definition) is 5. The summed E-state index contributed by atoms with van der Waals surface area (Å²) in [4.78, 5) is 2.03. The summed E-state index contributed by atoms with van der Waals surface area (Å²) in [5.74, 6) is -0.0461. The van der Waals surface area contributed by atoms with Gasteiger partial charge in [-0.3, -0.25) is 4.90 Å². The van der Waals surface area contributed by atoms with Gasteiger partial charge in [0.15, 0.2) is 6.29 Å². The standard InChI is InChI=1S/C13H23NO4/c15-10-6-2-1-4-8(10)12(16)14-7-3-5-9(14)11-13(17)18-11/h8-13,15-17H,1-7H2. The molecule has 3 N–H and O–H groups in total. The minimum Gasteiger partial charge on any atom is -0.393 e. The van der Waals surface area contributed by atoms with Crippen LogP contribution >= 0.6 is 0 Å². The van der Waals surface area contributed by atoms with E-state index in [1.165, 1.54) is 0 Å². The predicted octanol–water partition coefficient (Wildman–Crippen LogP) is 0.0375. The number of epoxide rings is 1. The van der Waals surface area contributed by atoms with Crippen molar-refractivity contribution < 1.29 is 20.1 Å². The largest absolute Gasteiger partial charge is 0.393 e. The molecule has 5 heteroatoms. The molecule has 6 atom stereocenters. The van der Waals surface area contributed by atoms with Gasteiger partial charge in [-0.2, -0.15) is 0 Å². The summed E-state index contributed by atoms with van der Waals surface area (Å²) in [6.07, 6.45) is 4.03. The number of ether oxygens (including phenoxy) is 1. The molecule has 2 saturated heterocycles. The van der Waals surface area contributed by atoms with Gasteiger partial charge in [-0.05, 0) is 25.7 Å². The monoisotopic (exact) mass is 257 g/mol. The summed E-state index contributed by atoms with van der Waals surface area (Å²) < 4.78 is 5.14. The Morgan fingerprint density at radius 3 is 2.44 bits per heavy atom. The van der Waals surface area contributed by atoms with E-state index in [9.17, 15) is 15.3 Å². The Bertz CT molecular complexity index is 301. The van der Waals surface area contributed by atoms with E-state index >= 15 is 0 Å². The Balaban J connectivity index is 1.65. The van der Waals surface area contributed by atoms with Crippen LogP contribution in [-0.4, -0.2) is 57.5 Å². The first-order chi connectivity index (χ1) is 8.68. The lowest BCUT2D eigenvalue weighted by Gasteiger charge is -2.38. The van der Waals surface area contributed by atoms with Crippen LogP contribution in [0.25, 0.3) is 0 Å². The lowest BCUT2D eigenvalue weighted by Crippen LogP contribution is -2.49. The van der Waals surface area contributed by atoms with Crippen molar-refractivity contribution in [2.24, 2.45) is 5.92 Å². The van der Waals surface area contributed by atoms with Gasteiger partial charge in [0, 0.05) is 18.5 Å². The fraction of sp³-hybridized carbons (Fsp3) is 1.00. The van der Waals surface area contributed by atoms with E-state index in [1.807, 2.05) is 4.90 Å². The van der Waals surface area contributed by atoms with Gasteiger partial charge in [0.05, 0.1) is 6.10 Å². The zero-order valence-electron chi connectivity index (χ0n) is 10.6. The molecule has 1 aliphatic carbocycles. The Morgan fingerprint density at radius 2 is 1.78 bits per heavy atom. The molecule has 0 aromatic heterocycles. The molecule has 18 heavy (non-hydrogen) atoms. The summed E-state index contributed by atoms with van der Waals surface area (Å²) in [6.45, 7) is 0.835. The molecule has 0 aromatic carbocycles. The van der Waals surface area contributed by atoms with Gasteiger partial charge >= 0.3 is 0 Å². The molecule has 6 unspecified atom stereocenters. The lowest BCUT2D eigenvalue weighted by molar-refractivity contribution is -0.101. The van der Waals surface area contributed by atoms with Crippen LogP contribution in [-0.2, 0) is 4.74 Å². The van der Waals surface area contributed by atoms with E-state index < -0.39 is 12.5 Å². The number of aliphatic hydroxyl groups is 3. The topological polar surface area (TPSA) is 76.5 Å². The van der Waals surface area contributed by atoms with Crippen LogP contribution in [0.3, 0.4) is 0 Å². The fourth-order valence-corrected chi connectivity index (χ4v) is 3.63. The van der Waals surface area contributed by atoms with Gasteiger partial charge in [-0.1, -0.05) is 12.8 Å². The van der Waals surface area contributed by atoms with Gasteiger partial charge in [-0.25, -0.2) is 0 Å². The molecule has 3 fully saturated rings. The molecule has 104 valence electrons. The highest BCUT2D eigenvalue weighted by Crippen LogP contribution is 2.37. The highest BCUT2D eigenvalue weighted by molar-refractivity contribution is 4.96. The lowest BCUT2D eigenvalue weighted by atomic mass is 9.84. The third-order valence-electron chi connectivity index (χ3n) is 4.73. The number of rotatable bonds is 3. The van der Waals surface area contributed by atoms with Crippen LogP contribution in [0.4, 0.5) is 0 Å². The third-order valence-corrected chi connectivity index (χ3v) is 4.73. The first kappa shape index (κ1) is 12.8. The van der Waals surface area contributed by atoms with E-state index in [-0.39, 0.29) is 24.2 Å². The Morgan fingerprint density at radius 1 is 1.06 bits per heavy atom. The molecule has 5 nitrogen and oxygen atoms in total. The van der Waals surface area contributed by atoms with Crippen LogP contribution < -0.4 is 0 Å². The maximum absolute atomic E-state index is 10.5. The summed E-state index contributed by atoms with van der Waals surface area (Å²) in [7, 11) is 0. The number of likely N-dealkylation sites (tertiary alicyclic amines) is 1. The highest BCUT2D eigenvalue weighted by atomic mass is 16.7. The Kier molecular flexibility index (Phi) is 3.60. The summed E-state index contributed by atoms with van der Waals surface area (Å²) in [5, 5.41) is 29.9. The van der Waals surface area contributed by atoms with Crippen molar-refractivity contribution in [3.63, 3.8) is 0 Å². The zero-order valence-corrected chi connectivity index (χ0v) is 10.6. The normalized spacial score (nSPS) is 47.2. The Labute approximate surface area is 107 Å². The molecular formula is C13H23NO4. The second-order valence-corrected chi connectivity index (χ2v) is 5.87. The third kappa shape index (κ3) is 2.30. The van der Waals surface area contributed by atoms with Crippen molar-refractivity contribution in [3.8, 4) is 0 Å². The first-order valence-electron chi connectivity index (χ1n) is 7.14. The number of hydrogen-bond donors (Lipinski definition) is 3. The molecule has 3 aliphatic rings. The van der Waals surface area contributed by atoms with Crippen LogP contribution in [0, 0.1) is 5.92 Å². The van der Waals surface area contributed by atoms with Crippen LogP contribution in [0.5, 0.6) is 0 Å². The van der Waals surface area contributed by atoms with Crippen LogP contribution in [0.1, 0.15) is 38.5 Å². The second kappa shape index (κ2) is 5.06. The predicted molar refractivity (Wildman–Crippen MR) is 64.6 cm³/mol. The SMILES string of the molecule is OC1CCCCC1C(O)N1CCCC1C1OC1O. The smallest absolute Gasteiger partial charge is 0.183 e. The first-order valence-corrected chi connectivity index (χ1v) is 7.14. The molecule has 2 heterocycles. The van der Waals surface area contributed by atoms with Crippen molar-refractivity contribution in [2.45, 2.75) is 69.3 Å². The van der Waals surface area contributed by atoms with Crippen molar-refractivity contribution >= 4 is 0 Å². The van der Waals surface area contributed by atoms with E-state index in [1.54, 1.807) is 0 Å². The van der Waals surface area contributed by atoms with Crippen molar-refractivity contribution in [3.05, 3.63) is 0 Å². The van der Waals surface area contributed by atoms with Gasteiger partial charge in [0.2, 0.25) is 0 Å². The quantitative estimate of drug-likeness (QED) is 0.622. The van der Waals surface area contributed by atoms with E-state index in [2.05, 4.69) is 0 Å². The van der Waals surface area contributed by atoms with Crippen molar-refractivity contribution in [1.29, 1.82) is 0 Å². The van der Waals surface area contributed by atoms with E-state index in [0.717, 1.165) is 45.1 Å². The maximum atomic E-state index is 10.5. The van der Waals surface area contributed by atoms with E-state index in [4.69, 9.17) is 4.74 Å². The molecule has 1 saturated carbocycles. The summed E-state index contributed by atoms with van der Waals surface area (Å²) >= 11 is 0. The van der Waals surface area contributed by atoms with Crippen LogP contribution in [0.15, 0.2) is 0 Å². The second-order valence-electron chi connectivity index (χ2n) is 5.87. The molecule has 0 radical (unpaired) electrons. The Hall–Kier alpha value is -0.200. The average Bonchev–Trinajstić information content (AvgIpc) is 2.91. The molecule has 0 aromatic rings. The molecule has 3 rings (SSSR count). The minimum atomic E-state index is -0.654. The van der Waals surface area contributed by atoms with E-state index in [0.29, 0.717) is 0 Å². The molecule has 0 bridgehead atoms. The van der Waals surface area contributed by atoms with Gasteiger partial charge < -0.3 is 20.1 Å². The van der Waals surface area contributed by atoms with Crippen LogP contribution in [0.2, 0.25) is 0 Å². The summed E-state index contributed by atoms with van der Waals surface area (Å²) in [5.41, 5.74) is 0. The highest BCUT2D eigenvalue weighted by Gasteiger charge is 2.50. The molecular weight excluding hydrogens is 234 g/mol. The average molecular weight is 257 g/mol. The number of aliphatic hydroxyl groups excluding tert-OH is 3. The zero-order chi connectivity index (χ0) is 12.7. The van der Waals surface area contributed by atoms with Gasteiger partial charge in [-0.15, -0.1) is 0 Å². The molecule has 2 aliphatic heterocycles. The fourth-order valence-electron chi connectivity index (χ4n) is 3.63. The molecule has 0 amide bonds. The number of nitrogens with zero attached hydrogens (tertiary/aromatic N) is 1. The molecule has 0 spiro atoms. The van der Waals surface area contributed by atoms with Gasteiger partial charge in [0.1, 0.15) is 12.3 Å². The van der Waals surface area contributed by atoms with Crippen molar-refractivity contribution in [2.75, 3.05) is 6.54 Å². The summed E-state index contributed by atoms with van der Waals surface area (Å²) in [6, 6.07) is 0.115. The minimum absolute atomic E-state index is 0.0461. The van der Waals surface area contributed by atoms with Gasteiger partial charge in [0.25, 0.3) is 0 Å². The van der Waals surface area contributed by atoms with Crippen molar-refractivity contribution in [1.82, 2.24) is 4.90 Å². The maximum Gasteiger partial charge on any atom is 0.183 e.